The van der Waals surface area contributed by atoms with Crippen molar-refractivity contribution in [3.05, 3.63) is 23.8 Å². The molecule has 0 aliphatic rings. The molecule has 1 atom stereocenters. The molecule has 0 aliphatic heterocycles. The molecule has 1 aromatic carbocycles. The molecule has 3 N–H and O–H groups in total. The summed E-state index contributed by atoms with van der Waals surface area (Å²) in [5.74, 6) is -0.746. The first-order valence-electron chi connectivity index (χ1n) is 5.23. The summed E-state index contributed by atoms with van der Waals surface area (Å²) in [6.45, 7) is 4.04. The van der Waals surface area contributed by atoms with E-state index < -0.39 is 5.97 Å². The lowest BCUT2D eigenvalue weighted by atomic mass is 10.2. The second-order valence-electron chi connectivity index (χ2n) is 3.90. The van der Waals surface area contributed by atoms with Crippen molar-refractivity contribution in [2.24, 2.45) is 0 Å². The molecule has 1 aromatic rings. The third-order valence-corrected chi connectivity index (χ3v) is 3.51. The summed E-state index contributed by atoms with van der Waals surface area (Å²) in [5.41, 5.74) is 7.79. The number of rotatable bonds is 5. The zero-order valence-corrected chi connectivity index (χ0v) is 10.4. The lowest BCUT2D eigenvalue weighted by Gasteiger charge is -2.12. The number of aliphatic carboxylic acids is 1. The Morgan fingerprint density at radius 3 is 2.88 bits per heavy atom. The summed E-state index contributed by atoms with van der Waals surface area (Å²) < 4.78 is 0. The van der Waals surface area contributed by atoms with E-state index in [2.05, 4.69) is 0 Å². The predicted octanol–water partition coefficient (Wildman–Crippen LogP) is 2.92. The number of aryl methyl sites for hydroxylation is 1. The summed E-state index contributed by atoms with van der Waals surface area (Å²) >= 11 is 1.64. The number of anilines is 1. The lowest BCUT2D eigenvalue weighted by molar-refractivity contribution is -0.137. The average Bonchev–Trinajstić information content (AvgIpc) is 2.20. The second kappa shape index (κ2) is 5.80. The average molecular weight is 239 g/mol. The smallest absolute Gasteiger partial charge is 0.303 e. The van der Waals surface area contributed by atoms with Gasteiger partial charge in [0, 0.05) is 22.3 Å². The standard InChI is InChI=1S/C12H17NO2S/c1-8-3-5-10(13)11(7-8)16-9(2)4-6-12(14)15/h3,5,7,9H,4,6,13H2,1-2H3,(H,14,15). The van der Waals surface area contributed by atoms with E-state index in [1.165, 1.54) is 5.56 Å². The van der Waals surface area contributed by atoms with Gasteiger partial charge in [0.1, 0.15) is 0 Å². The van der Waals surface area contributed by atoms with Crippen LogP contribution >= 0.6 is 11.8 Å². The maximum atomic E-state index is 10.4. The summed E-state index contributed by atoms with van der Waals surface area (Å²) in [6, 6.07) is 5.90. The maximum absolute atomic E-state index is 10.4. The summed E-state index contributed by atoms with van der Waals surface area (Å²) in [6.07, 6.45) is 0.868. The van der Waals surface area contributed by atoms with E-state index in [1.54, 1.807) is 11.8 Å². The van der Waals surface area contributed by atoms with Crippen molar-refractivity contribution in [2.45, 2.75) is 36.8 Å². The Balaban J connectivity index is 2.58. The Bertz CT molecular complexity index is 379. The highest BCUT2D eigenvalue weighted by molar-refractivity contribution is 8.00. The van der Waals surface area contributed by atoms with Gasteiger partial charge in [0.2, 0.25) is 0 Å². The van der Waals surface area contributed by atoms with Gasteiger partial charge >= 0.3 is 5.97 Å². The van der Waals surface area contributed by atoms with E-state index in [-0.39, 0.29) is 11.7 Å². The van der Waals surface area contributed by atoms with Crippen LogP contribution in [0, 0.1) is 6.92 Å². The van der Waals surface area contributed by atoms with Gasteiger partial charge in [0.15, 0.2) is 0 Å². The van der Waals surface area contributed by atoms with Crippen LogP contribution in [0.4, 0.5) is 5.69 Å². The Morgan fingerprint density at radius 2 is 2.25 bits per heavy atom. The molecule has 0 aliphatic carbocycles. The molecule has 1 rings (SSSR count). The molecule has 0 heterocycles. The highest BCUT2D eigenvalue weighted by atomic mass is 32.2. The van der Waals surface area contributed by atoms with Gasteiger partial charge in [-0.15, -0.1) is 11.8 Å². The van der Waals surface area contributed by atoms with E-state index in [1.807, 2.05) is 32.0 Å². The molecule has 4 heteroatoms. The zero-order valence-electron chi connectivity index (χ0n) is 9.56. The van der Waals surface area contributed by atoms with E-state index >= 15 is 0 Å². The Labute approximate surface area is 100 Å². The molecule has 0 saturated carbocycles. The minimum atomic E-state index is -0.746. The van der Waals surface area contributed by atoms with Crippen LogP contribution in [0.2, 0.25) is 0 Å². The molecule has 0 spiro atoms. The third kappa shape index (κ3) is 4.14. The second-order valence-corrected chi connectivity index (χ2v) is 5.38. The van der Waals surface area contributed by atoms with E-state index in [4.69, 9.17) is 10.8 Å². The fourth-order valence-electron chi connectivity index (χ4n) is 1.35. The molecule has 16 heavy (non-hydrogen) atoms. The molecule has 0 radical (unpaired) electrons. The van der Waals surface area contributed by atoms with E-state index in [0.717, 1.165) is 10.6 Å². The number of nitrogen functional groups attached to an aromatic ring is 1. The van der Waals surface area contributed by atoms with Gasteiger partial charge in [0.05, 0.1) is 0 Å². The topological polar surface area (TPSA) is 63.3 Å². The normalized spacial score (nSPS) is 12.4. The molecular formula is C12H17NO2S. The molecule has 1 unspecified atom stereocenters. The fourth-order valence-corrected chi connectivity index (χ4v) is 2.47. The molecule has 0 saturated heterocycles. The molecule has 88 valence electrons. The molecule has 0 aromatic heterocycles. The fraction of sp³-hybridized carbons (Fsp3) is 0.417. The number of carboxylic acids is 1. The highest BCUT2D eigenvalue weighted by Crippen LogP contribution is 2.31. The van der Waals surface area contributed by atoms with Gasteiger partial charge < -0.3 is 10.8 Å². The van der Waals surface area contributed by atoms with Crippen LogP contribution in [0.3, 0.4) is 0 Å². The summed E-state index contributed by atoms with van der Waals surface area (Å²) in [4.78, 5) is 11.5. The van der Waals surface area contributed by atoms with Crippen molar-refractivity contribution in [1.29, 1.82) is 0 Å². The van der Waals surface area contributed by atoms with Gasteiger partial charge in [-0.3, -0.25) is 4.79 Å². The van der Waals surface area contributed by atoms with Gasteiger partial charge in [-0.05, 0) is 31.0 Å². The SMILES string of the molecule is Cc1ccc(N)c(SC(C)CCC(=O)O)c1. The molecular weight excluding hydrogens is 222 g/mol. The molecule has 0 amide bonds. The van der Waals surface area contributed by atoms with Gasteiger partial charge in [0.25, 0.3) is 0 Å². The van der Waals surface area contributed by atoms with Crippen molar-refractivity contribution in [3.8, 4) is 0 Å². The lowest BCUT2D eigenvalue weighted by Crippen LogP contribution is -2.03. The van der Waals surface area contributed by atoms with Gasteiger partial charge in [-0.1, -0.05) is 13.0 Å². The number of hydrogen-bond donors (Lipinski definition) is 2. The number of nitrogens with two attached hydrogens (primary N) is 1. The number of hydrogen-bond acceptors (Lipinski definition) is 3. The van der Waals surface area contributed by atoms with Crippen molar-refractivity contribution in [2.75, 3.05) is 5.73 Å². The Hall–Kier alpha value is -1.16. The molecule has 0 bridgehead atoms. The monoisotopic (exact) mass is 239 g/mol. The molecule has 0 fully saturated rings. The minimum Gasteiger partial charge on any atom is -0.481 e. The maximum Gasteiger partial charge on any atom is 0.303 e. The van der Waals surface area contributed by atoms with Crippen LogP contribution in [0.25, 0.3) is 0 Å². The number of thioether (sulfide) groups is 1. The van der Waals surface area contributed by atoms with Crippen molar-refractivity contribution in [3.63, 3.8) is 0 Å². The number of carbonyl (C=O) groups is 1. The van der Waals surface area contributed by atoms with Crippen molar-refractivity contribution in [1.82, 2.24) is 0 Å². The van der Waals surface area contributed by atoms with Gasteiger partial charge in [-0.2, -0.15) is 0 Å². The quantitative estimate of drug-likeness (QED) is 0.612. The largest absolute Gasteiger partial charge is 0.481 e. The number of carboxylic acid groups (broad SMARTS) is 1. The van der Waals surface area contributed by atoms with Crippen LogP contribution in [-0.4, -0.2) is 16.3 Å². The van der Waals surface area contributed by atoms with Crippen LogP contribution < -0.4 is 5.73 Å². The minimum absolute atomic E-state index is 0.208. The van der Waals surface area contributed by atoms with Crippen LogP contribution in [-0.2, 0) is 4.79 Å². The summed E-state index contributed by atoms with van der Waals surface area (Å²) in [7, 11) is 0. The summed E-state index contributed by atoms with van der Waals surface area (Å²) in [5, 5.41) is 8.86. The van der Waals surface area contributed by atoms with Crippen LogP contribution in [0.1, 0.15) is 25.3 Å². The van der Waals surface area contributed by atoms with Crippen molar-refractivity contribution < 1.29 is 9.90 Å². The number of benzene rings is 1. The zero-order chi connectivity index (χ0) is 12.1. The predicted molar refractivity (Wildman–Crippen MR) is 67.8 cm³/mol. The first-order chi connectivity index (χ1) is 7.49. The third-order valence-electron chi connectivity index (χ3n) is 2.26. The highest BCUT2D eigenvalue weighted by Gasteiger charge is 2.09. The van der Waals surface area contributed by atoms with Crippen LogP contribution in [0.15, 0.2) is 23.1 Å². The van der Waals surface area contributed by atoms with E-state index in [0.29, 0.717) is 6.42 Å². The Kier molecular flexibility index (Phi) is 4.68. The van der Waals surface area contributed by atoms with Gasteiger partial charge in [-0.25, -0.2) is 0 Å². The van der Waals surface area contributed by atoms with Crippen LogP contribution in [0.5, 0.6) is 0 Å². The first-order valence-corrected chi connectivity index (χ1v) is 6.11. The first kappa shape index (κ1) is 12.9. The molecule has 3 nitrogen and oxygen atoms in total. The van der Waals surface area contributed by atoms with E-state index in [9.17, 15) is 4.79 Å². The Morgan fingerprint density at radius 1 is 1.56 bits per heavy atom. The van der Waals surface area contributed by atoms with Crippen molar-refractivity contribution >= 4 is 23.4 Å².